The van der Waals surface area contributed by atoms with Crippen LogP contribution in [0.4, 0.5) is 8.78 Å². The summed E-state index contributed by atoms with van der Waals surface area (Å²) in [7, 11) is 1.33. The molecule has 88 valence electrons. The first-order valence-corrected chi connectivity index (χ1v) is 5.00. The quantitative estimate of drug-likeness (QED) is 0.785. The normalized spacial score (nSPS) is 12.2. The molecule has 0 aliphatic heterocycles. The zero-order valence-corrected chi connectivity index (χ0v) is 9.17. The highest BCUT2D eigenvalue weighted by Gasteiger charge is 2.19. The largest absolute Gasteiger partial charge is 0.494 e. The molecule has 0 spiro atoms. The van der Waals surface area contributed by atoms with Crippen LogP contribution in [0.2, 0.25) is 0 Å². The van der Waals surface area contributed by atoms with Gasteiger partial charge < -0.3 is 10.5 Å². The third kappa shape index (κ3) is 2.58. The van der Waals surface area contributed by atoms with Crippen molar-refractivity contribution < 1.29 is 13.5 Å². The van der Waals surface area contributed by atoms with Crippen molar-refractivity contribution in [2.45, 2.75) is 18.9 Å². The summed E-state index contributed by atoms with van der Waals surface area (Å²) in [6.07, 6.45) is 2.72. The van der Waals surface area contributed by atoms with Crippen LogP contribution in [-0.4, -0.2) is 7.11 Å². The fraction of sp³-hybridized carbons (Fsp3) is 0.333. The number of allylic oxidation sites excluding steroid dienone is 1. The number of halogens is 2. The molecular formula is C12H15F2NO. The molecule has 1 aromatic rings. The van der Waals surface area contributed by atoms with Crippen LogP contribution in [0.25, 0.3) is 0 Å². The lowest BCUT2D eigenvalue weighted by Gasteiger charge is -2.14. The minimum absolute atomic E-state index is 0.00505. The van der Waals surface area contributed by atoms with E-state index in [4.69, 9.17) is 10.5 Å². The van der Waals surface area contributed by atoms with E-state index < -0.39 is 17.7 Å². The molecule has 1 aromatic carbocycles. The lowest BCUT2D eigenvalue weighted by molar-refractivity contribution is 0.377. The number of rotatable bonds is 5. The predicted octanol–water partition coefficient (Wildman–Crippen LogP) is 2.94. The Morgan fingerprint density at radius 3 is 2.75 bits per heavy atom. The first-order chi connectivity index (χ1) is 7.61. The molecule has 0 amide bonds. The second-order valence-electron chi connectivity index (χ2n) is 3.45. The third-order valence-electron chi connectivity index (χ3n) is 2.36. The van der Waals surface area contributed by atoms with Crippen LogP contribution in [0, 0.1) is 11.6 Å². The molecule has 0 saturated heterocycles. The number of nitrogens with two attached hydrogens (primary N) is 1. The van der Waals surface area contributed by atoms with Gasteiger partial charge >= 0.3 is 0 Å². The van der Waals surface area contributed by atoms with Crippen LogP contribution in [0.15, 0.2) is 24.8 Å². The Hall–Kier alpha value is -1.42. The Morgan fingerprint density at radius 2 is 2.19 bits per heavy atom. The second kappa shape index (κ2) is 5.61. The Labute approximate surface area is 93.7 Å². The minimum Gasteiger partial charge on any atom is -0.494 e. The van der Waals surface area contributed by atoms with Crippen LogP contribution in [-0.2, 0) is 0 Å². The molecule has 0 bridgehead atoms. The van der Waals surface area contributed by atoms with Crippen molar-refractivity contribution in [2.24, 2.45) is 5.73 Å². The number of ether oxygens (including phenoxy) is 1. The fourth-order valence-electron chi connectivity index (χ4n) is 1.49. The standard InChI is InChI=1S/C12H15F2NO/c1-3-4-5-9(15)11-8(13)6-7-10(16-2)12(11)14/h3,6-7,9H,1,4-5,15H2,2H3/t9-/m0/s1. The van der Waals surface area contributed by atoms with E-state index in [-0.39, 0.29) is 11.3 Å². The van der Waals surface area contributed by atoms with Gasteiger partial charge in [0.05, 0.1) is 7.11 Å². The zero-order valence-electron chi connectivity index (χ0n) is 9.17. The van der Waals surface area contributed by atoms with Gasteiger partial charge in [0.15, 0.2) is 11.6 Å². The van der Waals surface area contributed by atoms with Crippen molar-refractivity contribution in [3.05, 3.63) is 42.0 Å². The van der Waals surface area contributed by atoms with Gasteiger partial charge in [-0.3, -0.25) is 0 Å². The second-order valence-corrected chi connectivity index (χ2v) is 3.45. The van der Waals surface area contributed by atoms with Gasteiger partial charge in [0, 0.05) is 11.6 Å². The highest BCUT2D eigenvalue weighted by Crippen LogP contribution is 2.28. The van der Waals surface area contributed by atoms with Crippen molar-refractivity contribution >= 4 is 0 Å². The summed E-state index contributed by atoms with van der Waals surface area (Å²) >= 11 is 0. The highest BCUT2D eigenvalue weighted by atomic mass is 19.1. The molecule has 4 heteroatoms. The van der Waals surface area contributed by atoms with E-state index in [1.807, 2.05) is 0 Å². The lowest BCUT2D eigenvalue weighted by Crippen LogP contribution is -2.14. The average molecular weight is 227 g/mol. The summed E-state index contributed by atoms with van der Waals surface area (Å²) in [5, 5.41) is 0. The van der Waals surface area contributed by atoms with E-state index in [1.165, 1.54) is 13.2 Å². The SMILES string of the molecule is C=CCC[C@H](N)c1c(F)ccc(OC)c1F. The van der Waals surface area contributed by atoms with Crippen molar-refractivity contribution in [1.29, 1.82) is 0 Å². The third-order valence-corrected chi connectivity index (χ3v) is 2.36. The molecule has 0 saturated carbocycles. The summed E-state index contributed by atoms with van der Waals surface area (Å²) < 4.78 is 32.0. The summed E-state index contributed by atoms with van der Waals surface area (Å²) in [5.41, 5.74) is 5.60. The molecule has 2 nitrogen and oxygen atoms in total. The van der Waals surface area contributed by atoms with Crippen LogP contribution >= 0.6 is 0 Å². The van der Waals surface area contributed by atoms with E-state index in [0.29, 0.717) is 12.8 Å². The van der Waals surface area contributed by atoms with E-state index in [1.54, 1.807) is 6.08 Å². The van der Waals surface area contributed by atoms with Crippen molar-refractivity contribution in [2.75, 3.05) is 7.11 Å². The Kier molecular flexibility index (Phi) is 4.43. The van der Waals surface area contributed by atoms with Gasteiger partial charge in [-0.25, -0.2) is 8.78 Å². The van der Waals surface area contributed by atoms with E-state index in [2.05, 4.69) is 6.58 Å². The van der Waals surface area contributed by atoms with E-state index in [0.717, 1.165) is 6.07 Å². The van der Waals surface area contributed by atoms with Gasteiger partial charge in [-0.15, -0.1) is 6.58 Å². The Morgan fingerprint density at radius 1 is 1.50 bits per heavy atom. The molecule has 0 aliphatic carbocycles. The van der Waals surface area contributed by atoms with Gasteiger partial charge in [-0.2, -0.15) is 0 Å². The number of methoxy groups -OCH3 is 1. The molecular weight excluding hydrogens is 212 g/mol. The van der Waals surface area contributed by atoms with Gasteiger partial charge in [0.2, 0.25) is 0 Å². The molecule has 0 unspecified atom stereocenters. The predicted molar refractivity (Wildman–Crippen MR) is 59.3 cm³/mol. The smallest absolute Gasteiger partial charge is 0.172 e. The molecule has 1 rings (SSSR count). The monoisotopic (exact) mass is 227 g/mol. The summed E-state index contributed by atoms with van der Waals surface area (Å²) in [6, 6.07) is 1.72. The molecule has 1 atom stereocenters. The maximum Gasteiger partial charge on any atom is 0.172 e. The topological polar surface area (TPSA) is 35.2 Å². The van der Waals surface area contributed by atoms with Crippen molar-refractivity contribution in [3.8, 4) is 5.75 Å². The highest BCUT2D eigenvalue weighted by molar-refractivity contribution is 5.34. The molecule has 0 radical (unpaired) electrons. The molecule has 2 N–H and O–H groups in total. The maximum absolute atomic E-state index is 13.7. The average Bonchev–Trinajstić information content (AvgIpc) is 2.26. The van der Waals surface area contributed by atoms with Crippen LogP contribution in [0.3, 0.4) is 0 Å². The molecule has 0 aliphatic rings. The van der Waals surface area contributed by atoms with E-state index >= 15 is 0 Å². The van der Waals surface area contributed by atoms with Gasteiger partial charge in [0.25, 0.3) is 0 Å². The first kappa shape index (κ1) is 12.6. The Bertz CT molecular complexity index is 380. The molecule has 0 heterocycles. The lowest BCUT2D eigenvalue weighted by atomic mass is 10.0. The number of hydrogen-bond acceptors (Lipinski definition) is 2. The van der Waals surface area contributed by atoms with Gasteiger partial charge in [-0.05, 0) is 25.0 Å². The minimum atomic E-state index is -0.723. The number of benzene rings is 1. The molecule has 0 fully saturated rings. The van der Waals surface area contributed by atoms with Crippen LogP contribution in [0.1, 0.15) is 24.4 Å². The van der Waals surface area contributed by atoms with Gasteiger partial charge in [-0.1, -0.05) is 6.08 Å². The first-order valence-electron chi connectivity index (χ1n) is 5.00. The van der Waals surface area contributed by atoms with Crippen LogP contribution in [0.5, 0.6) is 5.75 Å². The Balaban J connectivity index is 3.05. The summed E-state index contributed by atoms with van der Waals surface area (Å²) in [5.74, 6) is -1.36. The van der Waals surface area contributed by atoms with Crippen LogP contribution < -0.4 is 10.5 Å². The fourth-order valence-corrected chi connectivity index (χ4v) is 1.49. The summed E-state index contributed by atoms with van der Waals surface area (Å²) in [4.78, 5) is 0. The van der Waals surface area contributed by atoms with Crippen molar-refractivity contribution in [1.82, 2.24) is 0 Å². The van der Waals surface area contributed by atoms with Gasteiger partial charge in [0.1, 0.15) is 5.82 Å². The summed E-state index contributed by atoms with van der Waals surface area (Å²) in [6.45, 7) is 3.54. The zero-order chi connectivity index (χ0) is 12.1. The molecule has 0 aromatic heterocycles. The van der Waals surface area contributed by atoms with Crippen molar-refractivity contribution in [3.63, 3.8) is 0 Å². The maximum atomic E-state index is 13.7. The number of hydrogen-bond donors (Lipinski definition) is 1. The van der Waals surface area contributed by atoms with E-state index in [9.17, 15) is 8.78 Å². The molecule has 16 heavy (non-hydrogen) atoms.